The molecule has 0 aliphatic carbocycles. The van der Waals surface area contributed by atoms with Crippen molar-refractivity contribution in [3.8, 4) is 11.5 Å². The number of halogens is 2. The molecule has 2 aromatic carbocycles. The van der Waals surface area contributed by atoms with Gasteiger partial charge in [0.15, 0.2) is 11.5 Å². The zero-order valence-electron chi connectivity index (χ0n) is 19.6. The highest BCUT2D eigenvalue weighted by atomic mass is 35.5. The molecule has 0 spiro atoms. The third-order valence-electron chi connectivity index (χ3n) is 5.46. The Labute approximate surface area is 206 Å². The lowest BCUT2D eigenvalue weighted by Gasteiger charge is -2.29. The predicted octanol–water partition coefficient (Wildman–Crippen LogP) is 5.28. The number of methoxy groups -OCH3 is 2. The molecule has 0 fully saturated rings. The van der Waals surface area contributed by atoms with Crippen LogP contribution >= 0.6 is 23.2 Å². The molecule has 0 aliphatic heterocycles. The molecule has 6 nitrogen and oxygen atoms in total. The minimum absolute atomic E-state index is 0.144. The Morgan fingerprint density at radius 3 is 2.33 bits per heavy atom. The maximum absolute atomic E-state index is 13.3. The van der Waals surface area contributed by atoms with Crippen LogP contribution in [0.25, 0.3) is 0 Å². The average molecular weight is 495 g/mol. The van der Waals surface area contributed by atoms with Gasteiger partial charge in [-0.15, -0.1) is 0 Å². The van der Waals surface area contributed by atoms with E-state index in [1.54, 1.807) is 39.3 Å². The van der Waals surface area contributed by atoms with Gasteiger partial charge in [-0.1, -0.05) is 48.7 Å². The van der Waals surface area contributed by atoms with Crippen LogP contribution in [0.2, 0.25) is 10.0 Å². The summed E-state index contributed by atoms with van der Waals surface area (Å²) >= 11 is 12.7. The SMILES string of the molecule is CCCCNC(=O)[C@H](C)N(Cc1c(Cl)cccc1Cl)C(=O)CCc1ccc(OC)c(OC)c1. The lowest BCUT2D eigenvalue weighted by Crippen LogP contribution is -2.48. The largest absolute Gasteiger partial charge is 0.493 e. The lowest BCUT2D eigenvalue weighted by atomic mass is 10.1. The van der Waals surface area contributed by atoms with Crippen LogP contribution in [0.1, 0.15) is 44.2 Å². The summed E-state index contributed by atoms with van der Waals surface area (Å²) in [5.74, 6) is 0.857. The molecule has 0 bridgehead atoms. The van der Waals surface area contributed by atoms with Gasteiger partial charge in [0.2, 0.25) is 11.8 Å². The van der Waals surface area contributed by atoms with Gasteiger partial charge in [0.1, 0.15) is 6.04 Å². The van der Waals surface area contributed by atoms with Gasteiger partial charge in [-0.2, -0.15) is 0 Å². The van der Waals surface area contributed by atoms with Crippen molar-refractivity contribution in [3.05, 3.63) is 57.6 Å². The summed E-state index contributed by atoms with van der Waals surface area (Å²) in [6, 6.07) is 10.1. The molecule has 33 heavy (non-hydrogen) atoms. The fourth-order valence-corrected chi connectivity index (χ4v) is 3.92. The number of carbonyl (C=O) groups excluding carboxylic acids is 2. The summed E-state index contributed by atoms with van der Waals surface area (Å²) < 4.78 is 10.6. The highest BCUT2D eigenvalue weighted by Gasteiger charge is 2.27. The maximum atomic E-state index is 13.3. The number of ether oxygens (including phenoxy) is 2. The van der Waals surface area contributed by atoms with Crippen LogP contribution in [0.15, 0.2) is 36.4 Å². The first-order chi connectivity index (χ1) is 15.8. The van der Waals surface area contributed by atoms with Gasteiger partial charge in [-0.3, -0.25) is 9.59 Å². The van der Waals surface area contributed by atoms with Gasteiger partial charge in [0.25, 0.3) is 0 Å². The van der Waals surface area contributed by atoms with Gasteiger partial charge >= 0.3 is 0 Å². The van der Waals surface area contributed by atoms with Crippen molar-refractivity contribution in [2.24, 2.45) is 0 Å². The minimum Gasteiger partial charge on any atom is -0.493 e. The maximum Gasteiger partial charge on any atom is 0.242 e. The van der Waals surface area contributed by atoms with Gasteiger partial charge in [0, 0.05) is 35.1 Å². The third-order valence-corrected chi connectivity index (χ3v) is 6.17. The van der Waals surface area contributed by atoms with Crippen molar-refractivity contribution < 1.29 is 19.1 Å². The van der Waals surface area contributed by atoms with E-state index >= 15 is 0 Å². The zero-order chi connectivity index (χ0) is 24.4. The third kappa shape index (κ3) is 7.54. The fourth-order valence-electron chi connectivity index (χ4n) is 3.40. The van der Waals surface area contributed by atoms with Crippen LogP contribution in [-0.4, -0.2) is 43.5 Å². The minimum atomic E-state index is -0.674. The molecule has 0 saturated heterocycles. The number of carbonyl (C=O) groups is 2. The molecule has 0 heterocycles. The summed E-state index contributed by atoms with van der Waals surface area (Å²) in [4.78, 5) is 27.6. The van der Waals surface area contributed by atoms with E-state index < -0.39 is 6.04 Å². The summed E-state index contributed by atoms with van der Waals surface area (Å²) in [7, 11) is 3.15. The molecule has 8 heteroatoms. The molecule has 0 saturated carbocycles. The zero-order valence-corrected chi connectivity index (χ0v) is 21.1. The molecule has 0 aromatic heterocycles. The summed E-state index contributed by atoms with van der Waals surface area (Å²) in [6.07, 6.45) is 2.54. The normalized spacial score (nSPS) is 11.6. The van der Waals surface area contributed by atoms with Gasteiger partial charge in [-0.05, 0) is 49.6 Å². The number of aryl methyl sites for hydroxylation is 1. The van der Waals surface area contributed by atoms with E-state index in [0.717, 1.165) is 18.4 Å². The summed E-state index contributed by atoms with van der Waals surface area (Å²) in [6.45, 7) is 4.49. The van der Waals surface area contributed by atoms with Crippen LogP contribution in [0, 0.1) is 0 Å². The van der Waals surface area contributed by atoms with E-state index in [2.05, 4.69) is 12.2 Å². The van der Waals surface area contributed by atoms with E-state index in [-0.39, 0.29) is 24.8 Å². The average Bonchev–Trinajstić information content (AvgIpc) is 2.81. The number of hydrogen-bond donors (Lipinski definition) is 1. The molecule has 1 atom stereocenters. The molecular formula is C25H32Cl2N2O4. The Kier molecular flexibility index (Phi) is 10.8. The second kappa shape index (κ2) is 13.3. The Morgan fingerprint density at radius 1 is 1.06 bits per heavy atom. The predicted molar refractivity (Wildman–Crippen MR) is 132 cm³/mol. The Balaban J connectivity index is 2.20. The molecule has 180 valence electrons. The Bertz CT molecular complexity index is 932. The van der Waals surface area contributed by atoms with E-state index in [1.165, 1.54) is 4.90 Å². The number of amides is 2. The van der Waals surface area contributed by atoms with Gasteiger partial charge in [0.05, 0.1) is 14.2 Å². The fraction of sp³-hybridized carbons (Fsp3) is 0.440. The van der Waals surface area contributed by atoms with Crippen molar-refractivity contribution in [2.75, 3.05) is 20.8 Å². The molecule has 2 amide bonds. The summed E-state index contributed by atoms with van der Waals surface area (Å²) in [5, 5.41) is 3.82. The number of rotatable bonds is 12. The second-order valence-corrected chi connectivity index (χ2v) is 8.55. The van der Waals surface area contributed by atoms with Crippen LogP contribution in [0.3, 0.4) is 0 Å². The molecule has 0 unspecified atom stereocenters. The number of nitrogens with one attached hydrogen (secondary N) is 1. The second-order valence-electron chi connectivity index (χ2n) is 7.73. The van der Waals surface area contributed by atoms with E-state index in [0.29, 0.717) is 40.1 Å². The Morgan fingerprint density at radius 2 is 1.73 bits per heavy atom. The Hall–Kier alpha value is -2.44. The monoisotopic (exact) mass is 494 g/mol. The van der Waals surface area contributed by atoms with Crippen molar-refractivity contribution >= 4 is 35.0 Å². The van der Waals surface area contributed by atoms with Crippen molar-refractivity contribution in [1.82, 2.24) is 10.2 Å². The standard InChI is InChI=1S/C25H32Cl2N2O4/c1-5-6-14-28-25(31)17(2)29(16-19-20(26)8-7-9-21(19)27)24(30)13-11-18-10-12-22(32-3)23(15-18)33-4/h7-10,12,15,17H,5-6,11,13-14,16H2,1-4H3,(H,28,31)/t17-/m0/s1. The molecule has 0 radical (unpaired) electrons. The van der Waals surface area contributed by atoms with Crippen molar-refractivity contribution in [2.45, 2.75) is 52.1 Å². The van der Waals surface area contributed by atoms with Crippen molar-refractivity contribution in [3.63, 3.8) is 0 Å². The highest BCUT2D eigenvalue weighted by molar-refractivity contribution is 6.36. The van der Waals surface area contributed by atoms with E-state index in [1.807, 2.05) is 18.2 Å². The van der Waals surface area contributed by atoms with Crippen LogP contribution < -0.4 is 14.8 Å². The van der Waals surface area contributed by atoms with Crippen LogP contribution in [0.5, 0.6) is 11.5 Å². The lowest BCUT2D eigenvalue weighted by molar-refractivity contribution is -0.140. The molecule has 2 rings (SSSR count). The first-order valence-corrected chi connectivity index (χ1v) is 11.8. The molecule has 1 N–H and O–H groups in total. The van der Waals surface area contributed by atoms with Crippen molar-refractivity contribution in [1.29, 1.82) is 0 Å². The number of hydrogen-bond acceptors (Lipinski definition) is 4. The first kappa shape index (κ1) is 26.8. The van der Waals surface area contributed by atoms with E-state index in [4.69, 9.17) is 32.7 Å². The number of benzene rings is 2. The molecule has 2 aromatic rings. The van der Waals surface area contributed by atoms with Crippen LogP contribution in [0.4, 0.5) is 0 Å². The smallest absolute Gasteiger partial charge is 0.242 e. The molecular weight excluding hydrogens is 463 g/mol. The highest BCUT2D eigenvalue weighted by Crippen LogP contribution is 2.29. The number of unbranched alkanes of at least 4 members (excludes halogenated alkanes) is 1. The van der Waals surface area contributed by atoms with Gasteiger partial charge < -0.3 is 19.7 Å². The quantitative estimate of drug-likeness (QED) is 0.407. The van der Waals surface area contributed by atoms with E-state index in [9.17, 15) is 9.59 Å². The van der Waals surface area contributed by atoms with Crippen LogP contribution in [-0.2, 0) is 22.6 Å². The topological polar surface area (TPSA) is 67.9 Å². The van der Waals surface area contributed by atoms with Gasteiger partial charge in [-0.25, -0.2) is 0 Å². The number of nitrogens with zero attached hydrogens (tertiary/aromatic N) is 1. The summed E-state index contributed by atoms with van der Waals surface area (Å²) in [5.41, 5.74) is 1.55. The molecule has 0 aliphatic rings. The first-order valence-electron chi connectivity index (χ1n) is 11.0.